The van der Waals surface area contributed by atoms with Crippen LogP contribution in [0.25, 0.3) is 17.0 Å². The Labute approximate surface area is 160 Å². The summed E-state index contributed by atoms with van der Waals surface area (Å²) in [5.41, 5.74) is 1.64. The van der Waals surface area contributed by atoms with Crippen LogP contribution in [0.2, 0.25) is 0 Å². The van der Waals surface area contributed by atoms with Crippen LogP contribution in [-0.4, -0.2) is 43.8 Å². The first kappa shape index (κ1) is 17.8. The Balaban J connectivity index is 1.19. The van der Waals surface area contributed by atoms with E-state index in [0.717, 1.165) is 17.0 Å². The van der Waals surface area contributed by atoms with E-state index in [2.05, 4.69) is 25.7 Å². The number of nitrogens with zero attached hydrogens (tertiary/aromatic N) is 5. The molecule has 0 unspecified atom stereocenters. The van der Waals surface area contributed by atoms with Crippen LogP contribution in [0.5, 0.6) is 0 Å². The molecule has 0 radical (unpaired) electrons. The molecule has 0 aliphatic heterocycles. The van der Waals surface area contributed by atoms with Crippen LogP contribution in [0.3, 0.4) is 0 Å². The smallest absolute Gasteiger partial charge is 0.252 e. The second kappa shape index (κ2) is 8.40. The molecule has 3 aromatic heterocycles. The fourth-order valence-corrected chi connectivity index (χ4v) is 2.68. The predicted molar refractivity (Wildman–Crippen MR) is 99.1 cm³/mol. The Bertz CT molecular complexity index is 1060. The quantitative estimate of drug-likeness (QED) is 0.497. The van der Waals surface area contributed by atoms with Crippen molar-refractivity contribution in [2.75, 3.05) is 13.2 Å². The Morgan fingerprint density at radius 1 is 1.11 bits per heavy atom. The normalized spacial score (nSPS) is 11.0. The van der Waals surface area contributed by atoms with Crippen molar-refractivity contribution < 1.29 is 14.1 Å². The number of pyridine rings is 1. The molecule has 0 saturated carbocycles. The summed E-state index contributed by atoms with van der Waals surface area (Å²) in [7, 11) is 0. The maximum atomic E-state index is 11.9. The van der Waals surface area contributed by atoms with Gasteiger partial charge in [-0.15, -0.1) is 10.2 Å². The minimum atomic E-state index is -0.225. The third kappa shape index (κ3) is 4.21. The van der Waals surface area contributed by atoms with E-state index in [1.54, 1.807) is 0 Å². The maximum Gasteiger partial charge on any atom is 0.252 e. The summed E-state index contributed by atoms with van der Waals surface area (Å²) < 4.78 is 12.4. The number of carbonyl (C=O) groups excluding carboxylic acids is 1. The third-order valence-electron chi connectivity index (χ3n) is 4.01. The molecule has 1 N–H and O–H groups in total. The zero-order valence-corrected chi connectivity index (χ0v) is 15.0. The van der Waals surface area contributed by atoms with Gasteiger partial charge in [-0.05, 0) is 12.1 Å². The average molecular weight is 378 g/mol. The number of aromatic nitrogens is 5. The van der Waals surface area contributed by atoms with Gasteiger partial charge in [-0.1, -0.05) is 41.6 Å². The summed E-state index contributed by atoms with van der Waals surface area (Å²) in [5, 5.41) is 14.9. The molecular formula is C19H18N6O3. The van der Waals surface area contributed by atoms with Crippen molar-refractivity contribution in [3.05, 3.63) is 66.4 Å². The highest BCUT2D eigenvalue weighted by atomic mass is 16.5. The number of carbonyl (C=O) groups is 1. The molecule has 142 valence electrons. The van der Waals surface area contributed by atoms with E-state index in [1.807, 2.05) is 59.1 Å². The summed E-state index contributed by atoms with van der Waals surface area (Å²) in [6.07, 6.45) is 2.46. The number of hydrogen-bond donors (Lipinski definition) is 1. The molecule has 9 nitrogen and oxygen atoms in total. The highest BCUT2D eigenvalue weighted by molar-refractivity contribution is 5.77. The number of amides is 1. The van der Waals surface area contributed by atoms with Gasteiger partial charge >= 0.3 is 0 Å². The van der Waals surface area contributed by atoms with Crippen LogP contribution in [0.1, 0.15) is 11.7 Å². The van der Waals surface area contributed by atoms with Gasteiger partial charge < -0.3 is 14.6 Å². The summed E-state index contributed by atoms with van der Waals surface area (Å²) in [6, 6.07) is 15.2. The van der Waals surface area contributed by atoms with Crippen LogP contribution in [0, 0.1) is 0 Å². The van der Waals surface area contributed by atoms with Crippen molar-refractivity contribution in [1.82, 2.24) is 30.1 Å². The molecule has 0 spiro atoms. The van der Waals surface area contributed by atoms with Crippen molar-refractivity contribution >= 4 is 11.6 Å². The molecule has 1 aromatic carbocycles. The first-order chi connectivity index (χ1) is 13.8. The van der Waals surface area contributed by atoms with Gasteiger partial charge in [0.15, 0.2) is 5.65 Å². The zero-order chi connectivity index (χ0) is 19.2. The van der Waals surface area contributed by atoms with E-state index in [-0.39, 0.29) is 19.1 Å². The van der Waals surface area contributed by atoms with Crippen molar-refractivity contribution in [1.29, 1.82) is 0 Å². The molecule has 1 amide bonds. The molecule has 4 rings (SSSR count). The van der Waals surface area contributed by atoms with Crippen molar-refractivity contribution in [2.45, 2.75) is 13.0 Å². The number of ether oxygens (including phenoxy) is 1. The van der Waals surface area contributed by atoms with Crippen LogP contribution in [0.4, 0.5) is 0 Å². The van der Waals surface area contributed by atoms with Gasteiger partial charge in [-0.3, -0.25) is 9.20 Å². The Kier molecular flexibility index (Phi) is 5.34. The van der Waals surface area contributed by atoms with Crippen LogP contribution in [0.15, 0.2) is 59.3 Å². The Morgan fingerprint density at radius 3 is 2.86 bits per heavy atom. The lowest BCUT2D eigenvalue weighted by Crippen LogP contribution is -2.29. The summed E-state index contributed by atoms with van der Waals surface area (Å²) in [5.74, 6) is 1.37. The van der Waals surface area contributed by atoms with Crippen LogP contribution < -0.4 is 5.32 Å². The third-order valence-corrected chi connectivity index (χ3v) is 4.01. The number of benzene rings is 1. The molecule has 3 heterocycles. The lowest BCUT2D eigenvalue weighted by molar-refractivity contribution is -0.126. The van der Waals surface area contributed by atoms with E-state index < -0.39 is 0 Å². The van der Waals surface area contributed by atoms with Gasteiger partial charge in [0.05, 0.1) is 0 Å². The standard InChI is InChI=1S/C19H18N6O3/c26-17(20-10-9-16-23-22-15-8-4-5-11-25(15)16)12-27-13-18-21-19(24-28-18)14-6-2-1-3-7-14/h1-8,11H,9-10,12-13H2,(H,20,26). The fraction of sp³-hybridized carbons (Fsp3) is 0.211. The SMILES string of the molecule is O=C(COCc1nc(-c2ccccc2)no1)NCCc1nnc2ccccn12. The lowest BCUT2D eigenvalue weighted by Gasteiger charge is -2.04. The molecule has 0 saturated heterocycles. The molecule has 0 bridgehead atoms. The van der Waals surface area contributed by atoms with E-state index in [0.29, 0.717) is 24.7 Å². The predicted octanol–water partition coefficient (Wildman–Crippen LogP) is 1.65. The summed E-state index contributed by atoms with van der Waals surface area (Å²) >= 11 is 0. The number of fused-ring (bicyclic) bond motifs is 1. The molecule has 28 heavy (non-hydrogen) atoms. The fourth-order valence-electron chi connectivity index (χ4n) is 2.68. The van der Waals surface area contributed by atoms with E-state index in [9.17, 15) is 4.79 Å². The largest absolute Gasteiger partial charge is 0.362 e. The van der Waals surface area contributed by atoms with Gasteiger partial charge in [0, 0.05) is 24.7 Å². The van der Waals surface area contributed by atoms with E-state index in [1.165, 1.54) is 0 Å². The van der Waals surface area contributed by atoms with Crippen molar-refractivity contribution in [2.24, 2.45) is 0 Å². The lowest BCUT2D eigenvalue weighted by atomic mass is 10.2. The maximum absolute atomic E-state index is 11.9. The monoisotopic (exact) mass is 378 g/mol. The number of nitrogens with one attached hydrogen (secondary N) is 1. The Morgan fingerprint density at radius 2 is 1.96 bits per heavy atom. The van der Waals surface area contributed by atoms with Crippen molar-refractivity contribution in [3.63, 3.8) is 0 Å². The van der Waals surface area contributed by atoms with Gasteiger partial charge in [-0.25, -0.2) is 0 Å². The molecule has 0 atom stereocenters. The van der Waals surface area contributed by atoms with E-state index in [4.69, 9.17) is 9.26 Å². The minimum Gasteiger partial charge on any atom is -0.362 e. The molecular weight excluding hydrogens is 360 g/mol. The second-order valence-corrected chi connectivity index (χ2v) is 6.02. The summed E-state index contributed by atoms with van der Waals surface area (Å²) in [4.78, 5) is 16.2. The zero-order valence-electron chi connectivity index (χ0n) is 15.0. The molecule has 4 aromatic rings. The molecule has 9 heteroatoms. The van der Waals surface area contributed by atoms with Crippen LogP contribution in [-0.2, 0) is 22.6 Å². The van der Waals surface area contributed by atoms with E-state index >= 15 is 0 Å². The van der Waals surface area contributed by atoms with Gasteiger partial charge in [0.25, 0.3) is 5.89 Å². The first-order valence-corrected chi connectivity index (χ1v) is 8.81. The molecule has 0 fully saturated rings. The van der Waals surface area contributed by atoms with Gasteiger partial charge in [0.2, 0.25) is 11.7 Å². The number of rotatable bonds is 8. The molecule has 0 aliphatic rings. The van der Waals surface area contributed by atoms with Gasteiger partial charge in [-0.2, -0.15) is 4.98 Å². The first-order valence-electron chi connectivity index (χ1n) is 8.81. The number of hydrogen-bond acceptors (Lipinski definition) is 7. The minimum absolute atomic E-state index is 0.0715. The highest BCUT2D eigenvalue weighted by Gasteiger charge is 2.10. The molecule has 0 aliphatic carbocycles. The second-order valence-electron chi connectivity index (χ2n) is 6.02. The Hall–Kier alpha value is -3.59. The van der Waals surface area contributed by atoms with Gasteiger partial charge in [0.1, 0.15) is 19.0 Å². The van der Waals surface area contributed by atoms with Crippen molar-refractivity contribution in [3.8, 4) is 11.4 Å². The highest BCUT2D eigenvalue weighted by Crippen LogP contribution is 2.14. The van der Waals surface area contributed by atoms with Crippen LogP contribution >= 0.6 is 0 Å². The summed E-state index contributed by atoms with van der Waals surface area (Å²) in [6.45, 7) is 0.419. The topological polar surface area (TPSA) is 107 Å². The average Bonchev–Trinajstić information content (AvgIpc) is 3.36.